The van der Waals surface area contributed by atoms with E-state index >= 15 is 0 Å². The highest BCUT2D eigenvalue weighted by Crippen LogP contribution is 2.41. The van der Waals surface area contributed by atoms with E-state index in [1.54, 1.807) is 0 Å². The monoisotopic (exact) mass is 395 g/mol. The van der Waals surface area contributed by atoms with E-state index in [0.29, 0.717) is 24.4 Å². The van der Waals surface area contributed by atoms with Crippen LogP contribution in [0, 0.1) is 11.6 Å². The Kier molecular flexibility index (Phi) is 5.26. The summed E-state index contributed by atoms with van der Waals surface area (Å²) < 4.78 is 34.8. The van der Waals surface area contributed by atoms with Crippen molar-refractivity contribution in [2.75, 3.05) is 42.3 Å². The van der Waals surface area contributed by atoms with Crippen molar-refractivity contribution in [2.45, 2.75) is 24.0 Å². The molecule has 1 aromatic heterocycles. The molecule has 1 saturated carbocycles. The first kappa shape index (κ1) is 18.2. The molecule has 1 aliphatic carbocycles. The minimum absolute atomic E-state index is 0.0122. The van der Waals surface area contributed by atoms with Crippen LogP contribution in [0.5, 0.6) is 0 Å². The van der Waals surface area contributed by atoms with Crippen LogP contribution in [0.1, 0.15) is 18.9 Å². The number of nitrogens with one attached hydrogen (secondary N) is 1. The number of halogens is 2. The molecule has 1 aromatic carbocycles. The summed E-state index contributed by atoms with van der Waals surface area (Å²) in [5.74, 6) is -1.32. The Bertz CT molecular complexity index is 816. The summed E-state index contributed by atoms with van der Waals surface area (Å²) in [4.78, 5) is 14.3. The minimum Gasteiger partial charge on any atom is -0.378 e. The number of para-hydroxylation sites is 1. The maximum atomic E-state index is 13.7. The number of hydrogen-bond acceptors (Lipinski definition) is 6. The van der Waals surface area contributed by atoms with Gasteiger partial charge in [0.05, 0.1) is 19.0 Å². The fraction of sp³-hybridized carbons (Fsp3) is 0.471. The highest BCUT2D eigenvalue weighted by molar-refractivity contribution is 7.99. The van der Waals surface area contributed by atoms with Gasteiger partial charge in [-0.25, -0.2) is 8.78 Å². The lowest BCUT2D eigenvalue weighted by Gasteiger charge is -2.27. The van der Waals surface area contributed by atoms with Crippen LogP contribution in [0.25, 0.3) is 0 Å². The Morgan fingerprint density at radius 1 is 1.22 bits per heavy atom. The number of carbonyl (C=O) groups is 1. The van der Waals surface area contributed by atoms with Crippen molar-refractivity contribution in [1.29, 1.82) is 0 Å². The lowest BCUT2D eigenvalue weighted by atomic mass is 10.3. The lowest BCUT2D eigenvalue weighted by molar-refractivity contribution is -0.113. The summed E-state index contributed by atoms with van der Waals surface area (Å²) in [6, 6.07) is 3.79. The molecule has 0 radical (unpaired) electrons. The number of nitrogens with zero attached hydrogens (tertiary/aromatic N) is 4. The van der Waals surface area contributed by atoms with Crippen molar-refractivity contribution in [2.24, 2.45) is 0 Å². The van der Waals surface area contributed by atoms with Gasteiger partial charge < -0.3 is 15.0 Å². The van der Waals surface area contributed by atoms with Gasteiger partial charge in [0.1, 0.15) is 17.3 Å². The number of aromatic nitrogens is 3. The Labute approximate surface area is 159 Å². The molecule has 2 aromatic rings. The maximum absolute atomic E-state index is 13.7. The Morgan fingerprint density at radius 3 is 2.59 bits per heavy atom. The van der Waals surface area contributed by atoms with Crippen LogP contribution < -0.4 is 10.2 Å². The second kappa shape index (κ2) is 7.81. The van der Waals surface area contributed by atoms with Gasteiger partial charge in [0.15, 0.2) is 5.16 Å². The van der Waals surface area contributed by atoms with Gasteiger partial charge in [-0.15, -0.1) is 10.2 Å². The zero-order chi connectivity index (χ0) is 18.8. The largest absolute Gasteiger partial charge is 0.378 e. The highest BCUT2D eigenvalue weighted by Gasteiger charge is 2.32. The van der Waals surface area contributed by atoms with Crippen LogP contribution in [0.2, 0.25) is 0 Å². The van der Waals surface area contributed by atoms with Gasteiger partial charge in [-0.2, -0.15) is 0 Å². The van der Waals surface area contributed by atoms with Crippen LogP contribution in [-0.2, 0) is 9.53 Å². The minimum atomic E-state index is -0.802. The molecule has 1 N–H and O–H groups in total. The predicted molar refractivity (Wildman–Crippen MR) is 97.0 cm³/mol. The van der Waals surface area contributed by atoms with Crippen molar-refractivity contribution in [3.63, 3.8) is 0 Å². The molecule has 2 fully saturated rings. The average Bonchev–Trinajstić information content (AvgIpc) is 3.43. The molecule has 1 amide bonds. The van der Waals surface area contributed by atoms with E-state index in [1.165, 1.54) is 17.8 Å². The topological polar surface area (TPSA) is 72.3 Å². The van der Waals surface area contributed by atoms with Crippen LogP contribution in [-0.4, -0.2) is 52.7 Å². The van der Waals surface area contributed by atoms with E-state index in [0.717, 1.165) is 44.0 Å². The quantitative estimate of drug-likeness (QED) is 0.758. The van der Waals surface area contributed by atoms with Crippen molar-refractivity contribution >= 4 is 29.3 Å². The molecule has 1 saturated heterocycles. The van der Waals surface area contributed by atoms with E-state index < -0.39 is 23.2 Å². The molecule has 144 valence electrons. The van der Waals surface area contributed by atoms with Gasteiger partial charge in [-0.1, -0.05) is 17.8 Å². The molecule has 27 heavy (non-hydrogen) atoms. The third-order valence-corrected chi connectivity index (χ3v) is 5.36. The summed E-state index contributed by atoms with van der Waals surface area (Å²) in [6.07, 6.45) is 2.10. The maximum Gasteiger partial charge on any atom is 0.235 e. The van der Waals surface area contributed by atoms with Crippen LogP contribution in [0.4, 0.5) is 20.4 Å². The van der Waals surface area contributed by atoms with E-state index in [2.05, 4.69) is 25.0 Å². The number of ether oxygens (including phenoxy) is 1. The molecule has 10 heteroatoms. The molecular formula is C17H19F2N5O2S. The van der Waals surface area contributed by atoms with Gasteiger partial charge in [0.2, 0.25) is 11.9 Å². The molecule has 2 aliphatic rings. The van der Waals surface area contributed by atoms with Crippen molar-refractivity contribution in [3.8, 4) is 0 Å². The van der Waals surface area contributed by atoms with Gasteiger partial charge in [-0.05, 0) is 25.0 Å². The van der Waals surface area contributed by atoms with Crippen LogP contribution >= 0.6 is 11.8 Å². The Morgan fingerprint density at radius 2 is 1.93 bits per heavy atom. The van der Waals surface area contributed by atoms with Gasteiger partial charge in [0, 0.05) is 19.1 Å². The smallest absolute Gasteiger partial charge is 0.235 e. The highest BCUT2D eigenvalue weighted by atomic mass is 32.2. The SMILES string of the molecule is O=C(CSc1nnc(N2CCOCC2)n1C1CC1)Nc1c(F)cccc1F. The number of thioether (sulfide) groups is 1. The second-order valence-corrected chi connectivity index (χ2v) is 7.36. The summed E-state index contributed by atoms with van der Waals surface area (Å²) in [5, 5.41) is 11.5. The van der Waals surface area contributed by atoms with Gasteiger partial charge in [-0.3, -0.25) is 9.36 Å². The fourth-order valence-electron chi connectivity index (χ4n) is 2.92. The van der Waals surface area contributed by atoms with Crippen molar-refractivity contribution in [1.82, 2.24) is 14.8 Å². The molecule has 0 unspecified atom stereocenters. The lowest BCUT2D eigenvalue weighted by Crippen LogP contribution is -2.38. The standard InChI is InChI=1S/C17H19F2N5O2S/c18-12-2-1-3-13(19)15(12)20-14(25)10-27-17-22-21-16(24(17)11-4-5-11)23-6-8-26-9-7-23/h1-3,11H,4-10H2,(H,20,25). The zero-order valence-corrected chi connectivity index (χ0v) is 15.3. The summed E-state index contributed by atoms with van der Waals surface area (Å²) in [7, 11) is 0. The second-order valence-electron chi connectivity index (χ2n) is 6.42. The van der Waals surface area contributed by atoms with Crippen LogP contribution in [0.3, 0.4) is 0 Å². The van der Waals surface area contributed by atoms with E-state index in [1.807, 2.05) is 0 Å². The molecule has 0 bridgehead atoms. The summed E-state index contributed by atoms with van der Waals surface area (Å²) >= 11 is 1.21. The zero-order valence-electron chi connectivity index (χ0n) is 14.5. The van der Waals surface area contributed by atoms with E-state index in [9.17, 15) is 13.6 Å². The van der Waals surface area contributed by atoms with Crippen LogP contribution in [0.15, 0.2) is 23.4 Å². The van der Waals surface area contributed by atoms with E-state index in [-0.39, 0.29) is 5.75 Å². The average molecular weight is 395 g/mol. The normalized spacial score (nSPS) is 17.2. The first-order valence-electron chi connectivity index (χ1n) is 8.77. The number of carbonyl (C=O) groups excluding carboxylic acids is 1. The number of morpholine rings is 1. The van der Waals surface area contributed by atoms with Crippen molar-refractivity contribution < 1.29 is 18.3 Å². The number of hydrogen-bond donors (Lipinski definition) is 1. The molecule has 4 rings (SSSR count). The van der Waals surface area contributed by atoms with Gasteiger partial charge in [0.25, 0.3) is 0 Å². The summed E-state index contributed by atoms with van der Waals surface area (Å²) in [6.45, 7) is 2.80. The molecule has 0 spiro atoms. The number of rotatable bonds is 6. The molecule has 1 aliphatic heterocycles. The van der Waals surface area contributed by atoms with Crippen molar-refractivity contribution in [3.05, 3.63) is 29.8 Å². The fourth-order valence-corrected chi connectivity index (χ4v) is 3.72. The first-order chi connectivity index (χ1) is 13.1. The molecular weight excluding hydrogens is 376 g/mol. The number of anilines is 2. The van der Waals surface area contributed by atoms with Gasteiger partial charge >= 0.3 is 0 Å². The Hall–Kier alpha value is -2.20. The number of benzene rings is 1. The number of amides is 1. The first-order valence-corrected chi connectivity index (χ1v) is 9.76. The van der Waals surface area contributed by atoms with E-state index in [4.69, 9.17) is 4.74 Å². The summed E-state index contributed by atoms with van der Waals surface area (Å²) in [5.41, 5.74) is -0.430. The third-order valence-electron chi connectivity index (χ3n) is 4.41. The third kappa shape index (κ3) is 4.06. The Balaban J connectivity index is 1.43. The molecule has 7 nitrogen and oxygen atoms in total. The molecule has 0 atom stereocenters. The predicted octanol–water partition coefficient (Wildman–Crippen LogP) is 2.46. The molecule has 2 heterocycles.